The molecule has 1 heterocycles. The summed E-state index contributed by atoms with van der Waals surface area (Å²) in [4.78, 5) is 20.0. The first-order valence-electron chi connectivity index (χ1n) is 9.03. The largest absolute Gasteiger partial charge is 0.286 e. The summed E-state index contributed by atoms with van der Waals surface area (Å²) in [6.45, 7) is 7.11. The summed E-state index contributed by atoms with van der Waals surface area (Å²) >= 11 is 1.45. The fourth-order valence-electron chi connectivity index (χ4n) is 2.75. The Kier molecular flexibility index (Phi) is 5.94. The third-order valence-corrected chi connectivity index (χ3v) is 5.22. The fraction of sp³-hybridized carbons (Fsp3) is 0.273. The van der Waals surface area contributed by atoms with Gasteiger partial charge in [-0.05, 0) is 53.4 Å². The standard InChI is InChI=1S/C22H24N2OS/c1-4-14-24-21(25)20(15-17-10-12-18(13-11-17)16(2)3)26-22(24)23-19-8-6-5-7-9-19/h5-13,15-16H,4,14H2,1-3H3/b20-15-,23-22?. The maximum atomic E-state index is 12.8. The molecule has 0 aliphatic carbocycles. The average Bonchev–Trinajstić information content (AvgIpc) is 2.92. The van der Waals surface area contributed by atoms with Gasteiger partial charge in [0.1, 0.15) is 0 Å². The van der Waals surface area contributed by atoms with Crippen LogP contribution in [-0.4, -0.2) is 22.5 Å². The Morgan fingerprint density at radius 1 is 1.08 bits per heavy atom. The van der Waals surface area contributed by atoms with Gasteiger partial charge in [0.15, 0.2) is 5.17 Å². The van der Waals surface area contributed by atoms with Crippen molar-refractivity contribution in [3.8, 4) is 0 Å². The number of hydrogen-bond acceptors (Lipinski definition) is 3. The minimum absolute atomic E-state index is 0.0412. The van der Waals surface area contributed by atoms with Gasteiger partial charge in [0, 0.05) is 6.54 Å². The van der Waals surface area contributed by atoms with E-state index in [2.05, 4.69) is 50.0 Å². The van der Waals surface area contributed by atoms with Crippen LogP contribution in [0.5, 0.6) is 0 Å². The summed E-state index contributed by atoms with van der Waals surface area (Å²) < 4.78 is 0. The van der Waals surface area contributed by atoms with Crippen LogP contribution >= 0.6 is 11.8 Å². The number of carbonyl (C=O) groups is 1. The summed E-state index contributed by atoms with van der Waals surface area (Å²) in [6, 6.07) is 18.2. The van der Waals surface area contributed by atoms with E-state index >= 15 is 0 Å². The molecule has 1 fully saturated rings. The number of amides is 1. The molecule has 0 saturated carbocycles. The molecule has 1 saturated heterocycles. The summed E-state index contributed by atoms with van der Waals surface area (Å²) in [5, 5.41) is 0.758. The van der Waals surface area contributed by atoms with Gasteiger partial charge in [0.2, 0.25) is 0 Å². The van der Waals surface area contributed by atoms with Crippen molar-refractivity contribution >= 4 is 34.6 Å². The summed E-state index contributed by atoms with van der Waals surface area (Å²) in [7, 11) is 0. The van der Waals surface area contributed by atoms with Crippen LogP contribution in [0.3, 0.4) is 0 Å². The molecule has 4 heteroatoms. The first kappa shape index (κ1) is 18.5. The van der Waals surface area contributed by atoms with Crippen LogP contribution in [0.2, 0.25) is 0 Å². The molecule has 0 atom stereocenters. The van der Waals surface area contributed by atoms with Crippen LogP contribution in [0.25, 0.3) is 6.08 Å². The molecule has 2 aromatic carbocycles. The molecule has 0 spiro atoms. The molecule has 1 aliphatic heterocycles. The minimum atomic E-state index is 0.0412. The second-order valence-corrected chi connectivity index (χ2v) is 7.63. The smallest absolute Gasteiger partial charge is 0.266 e. The average molecular weight is 365 g/mol. The highest BCUT2D eigenvalue weighted by Gasteiger charge is 2.32. The third kappa shape index (κ3) is 4.25. The second kappa shape index (κ2) is 8.37. The van der Waals surface area contributed by atoms with Crippen LogP contribution in [0, 0.1) is 0 Å². The van der Waals surface area contributed by atoms with Crippen molar-refractivity contribution in [2.75, 3.05) is 6.54 Å². The van der Waals surface area contributed by atoms with Gasteiger partial charge >= 0.3 is 0 Å². The highest BCUT2D eigenvalue weighted by Crippen LogP contribution is 2.34. The van der Waals surface area contributed by atoms with Crippen molar-refractivity contribution in [2.24, 2.45) is 4.99 Å². The van der Waals surface area contributed by atoms with Gasteiger partial charge in [-0.2, -0.15) is 0 Å². The number of para-hydroxylation sites is 1. The van der Waals surface area contributed by atoms with Gasteiger partial charge in [-0.3, -0.25) is 9.69 Å². The highest BCUT2D eigenvalue weighted by molar-refractivity contribution is 8.18. The zero-order chi connectivity index (χ0) is 18.5. The Morgan fingerprint density at radius 3 is 2.38 bits per heavy atom. The van der Waals surface area contributed by atoms with Crippen LogP contribution in [0.1, 0.15) is 44.2 Å². The maximum absolute atomic E-state index is 12.8. The molecular formula is C22H24N2OS. The van der Waals surface area contributed by atoms with Crippen molar-refractivity contribution in [3.05, 3.63) is 70.6 Å². The normalized spacial score (nSPS) is 17.7. The van der Waals surface area contributed by atoms with Gasteiger partial charge in [-0.15, -0.1) is 0 Å². The van der Waals surface area contributed by atoms with Gasteiger partial charge in [0.05, 0.1) is 10.6 Å². The molecular weight excluding hydrogens is 340 g/mol. The molecule has 1 amide bonds. The van der Waals surface area contributed by atoms with Crippen LogP contribution < -0.4 is 0 Å². The van der Waals surface area contributed by atoms with E-state index in [1.165, 1.54) is 17.3 Å². The van der Waals surface area contributed by atoms with E-state index in [0.717, 1.165) is 27.7 Å². The summed E-state index contributed by atoms with van der Waals surface area (Å²) in [5.74, 6) is 0.545. The molecule has 0 N–H and O–H groups in total. The van der Waals surface area contributed by atoms with E-state index in [4.69, 9.17) is 0 Å². The predicted molar refractivity (Wildman–Crippen MR) is 112 cm³/mol. The van der Waals surface area contributed by atoms with Crippen molar-refractivity contribution in [1.82, 2.24) is 4.90 Å². The van der Waals surface area contributed by atoms with Crippen molar-refractivity contribution < 1.29 is 4.79 Å². The van der Waals surface area contributed by atoms with Gasteiger partial charge in [0.25, 0.3) is 5.91 Å². The Morgan fingerprint density at radius 2 is 1.77 bits per heavy atom. The fourth-order valence-corrected chi connectivity index (χ4v) is 3.78. The molecule has 0 bridgehead atoms. The van der Waals surface area contributed by atoms with Crippen LogP contribution in [0.4, 0.5) is 5.69 Å². The van der Waals surface area contributed by atoms with Crippen LogP contribution in [0.15, 0.2) is 64.5 Å². The Labute approximate surface area is 159 Å². The SMILES string of the molecule is CCCN1C(=O)/C(=C/c2ccc(C(C)C)cc2)SC1=Nc1ccccc1. The lowest BCUT2D eigenvalue weighted by atomic mass is 10.0. The first-order chi connectivity index (χ1) is 12.6. The molecule has 2 aromatic rings. The highest BCUT2D eigenvalue weighted by atomic mass is 32.2. The van der Waals surface area contributed by atoms with E-state index < -0.39 is 0 Å². The number of hydrogen-bond donors (Lipinski definition) is 0. The lowest BCUT2D eigenvalue weighted by Gasteiger charge is -2.13. The molecule has 1 aliphatic rings. The molecule has 3 nitrogen and oxygen atoms in total. The van der Waals surface area contributed by atoms with E-state index in [9.17, 15) is 4.79 Å². The molecule has 3 rings (SSSR count). The van der Waals surface area contributed by atoms with Crippen molar-refractivity contribution in [1.29, 1.82) is 0 Å². The molecule has 0 unspecified atom stereocenters. The van der Waals surface area contributed by atoms with E-state index in [0.29, 0.717) is 12.5 Å². The zero-order valence-electron chi connectivity index (χ0n) is 15.5. The minimum Gasteiger partial charge on any atom is -0.286 e. The lowest BCUT2D eigenvalue weighted by molar-refractivity contribution is -0.122. The summed E-state index contributed by atoms with van der Waals surface area (Å²) in [6.07, 6.45) is 2.86. The van der Waals surface area contributed by atoms with Gasteiger partial charge < -0.3 is 0 Å². The Hall–Kier alpha value is -2.33. The summed E-state index contributed by atoms with van der Waals surface area (Å²) in [5.41, 5.74) is 3.21. The maximum Gasteiger partial charge on any atom is 0.266 e. The van der Waals surface area contributed by atoms with Gasteiger partial charge in [-0.1, -0.05) is 63.2 Å². The monoisotopic (exact) mass is 364 g/mol. The van der Waals surface area contributed by atoms with Crippen molar-refractivity contribution in [3.63, 3.8) is 0 Å². The number of nitrogens with zero attached hydrogens (tertiary/aromatic N) is 2. The van der Waals surface area contributed by atoms with Gasteiger partial charge in [-0.25, -0.2) is 4.99 Å². The first-order valence-corrected chi connectivity index (χ1v) is 9.85. The van der Waals surface area contributed by atoms with E-state index in [1.54, 1.807) is 4.90 Å². The van der Waals surface area contributed by atoms with E-state index in [-0.39, 0.29) is 5.91 Å². The lowest BCUT2D eigenvalue weighted by Crippen LogP contribution is -2.29. The second-order valence-electron chi connectivity index (χ2n) is 6.62. The predicted octanol–water partition coefficient (Wildman–Crippen LogP) is 5.82. The molecule has 26 heavy (non-hydrogen) atoms. The molecule has 134 valence electrons. The number of thioether (sulfide) groups is 1. The van der Waals surface area contributed by atoms with E-state index in [1.807, 2.05) is 36.4 Å². The number of carbonyl (C=O) groups excluding carboxylic acids is 1. The zero-order valence-corrected chi connectivity index (χ0v) is 16.3. The topological polar surface area (TPSA) is 32.7 Å². The number of aliphatic imine (C=N–C) groups is 1. The van der Waals surface area contributed by atoms with Crippen molar-refractivity contribution in [2.45, 2.75) is 33.1 Å². The third-order valence-electron chi connectivity index (χ3n) is 4.22. The Balaban J connectivity index is 1.89. The Bertz CT molecular complexity index is 823. The number of amidine groups is 1. The van der Waals surface area contributed by atoms with Crippen LogP contribution in [-0.2, 0) is 4.79 Å². The number of rotatable bonds is 5. The molecule has 0 aromatic heterocycles. The quantitative estimate of drug-likeness (QED) is 0.626. The number of benzene rings is 2. The molecule has 0 radical (unpaired) electrons.